The Labute approximate surface area is 343 Å². The molecule has 1 aliphatic heterocycles. The predicted molar refractivity (Wildman–Crippen MR) is 243 cm³/mol. The average molecular weight is 752 g/mol. The van der Waals surface area contributed by atoms with Crippen LogP contribution in [0.15, 0.2) is 200 Å². The first-order valence-corrected chi connectivity index (χ1v) is 20.6. The summed E-state index contributed by atoms with van der Waals surface area (Å²) in [6, 6.07) is 66.0. The molecule has 7 aromatic rings. The highest BCUT2D eigenvalue weighted by Crippen LogP contribution is 2.41. The molecule has 1 heterocycles. The first kappa shape index (κ1) is 37.1. The van der Waals surface area contributed by atoms with Crippen molar-refractivity contribution in [2.75, 3.05) is 0 Å². The Bertz CT molecular complexity index is 2540. The fraction of sp³-hybridized carbons (Fsp3) is 0.127. The number of fused-ring (bicyclic) bond motifs is 1. The van der Waals surface area contributed by atoms with Gasteiger partial charge in [-0.2, -0.15) is 0 Å². The molecule has 3 heteroatoms. The van der Waals surface area contributed by atoms with Gasteiger partial charge in [0.2, 0.25) is 0 Å². The van der Waals surface area contributed by atoms with Crippen LogP contribution in [0.25, 0.3) is 39.6 Å². The summed E-state index contributed by atoms with van der Waals surface area (Å²) in [4.78, 5) is 0. The van der Waals surface area contributed by atoms with Gasteiger partial charge in [0.15, 0.2) is 0 Å². The molecule has 2 aliphatic rings. The van der Waals surface area contributed by atoms with Gasteiger partial charge in [-0.15, -0.1) is 0 Å². The second kappa shape index (κ2) is 17.3. The van der Waals surface area contributed by atoms with Crippen LogP contribution in [0, 0.1) is 0 Å². The number of hydrazine groups is 1. The highest BCUT2D eigenvalue weighted by molar-refractivity contribution is 5.90. The molecule has 58 heavy (non-hydrogen) atoms. The van der Waals surface area contributed by atoms with Crippen molar-refractivity contribution in [3.63, 3.8) is 0 Å². The van der Waals surface area contributed by atoms with E-state index in [-0.39, 0.29) is 18.0 Å². The van der Waals surface area contributed by atoms with Gasteiger partial charge in [0, 0.05) is 18.2 Å². The van der Waals surface area contributed by atoms with Gasteiger partial charge in [-0.1, -0.05) is 201 Å². The average Bonchev–Trinajstić information content (AvgIpc) is 3.31. The van der Waals surface area contributed by atoms with Crippen molar-refractivity contribution < 1.29 is 0 Å². The molecule has 0 amide bonds. The lowest BCUT2D eigenvalue weighted by atomic mass is 9.82. The van der Waals surface area contributed by atoms with Gasteiger partial charge >= 0.3 is 0 Å². The number of hydrogen-bond donors (Lipinski definition) is 3. The van der Waals surface area contributed by atoms with Crippen LogP contribution < -0.4 is 16.2 Å². The van der Waals surface area contributed by atoms with Gasteiger partial charge in [-0.05, 0) is 97.3 Å². The summed E-state index contributed by atoms with van der Waals surface area (Å²) in [6.07, 6.45) is 11.3. The molecule has 3 unspecified atom stereocenters. The van der Waals surface area contributed by atoms with Crippen LogP contribution in [0.4, 0.5) is 0 Å². The molecule has 284 valence electrons. The SMILES string of the molecule is CC(c1ccc(-c2c(-c3ccc(C4=CC(c5ccccc5)NC(c5ccccc5)=C4)cc3)ccc3c2CCC=C3)cc1)C(NNCc1ccccc1)c1ccccc1. The molecule has 9 rings (SSSR count). The first-order valence-electron chi connectivity index (χ1n) is 20.6. The zero-order chi connectivity index (χ0) is 39.1. The van der Waals surface area contributed by atoms with Gasteiger partial charge in [0.05, 0.1) is 12.1 Å². The first-order chi connectivity index (χ1) is 28.7. The van der Waals surface area contributed by atoms with E-state index in [1.807, 2.05) is 0 Å². The molecular weight excluding hydrogens is 703 g/mol. The van der Waals surface area contributed by atoms with Gasteiger partial charge in [0.1, 0.15) is 0 Å². The second-order valence-electron chi connectivity index (χ2n) is 15.4. The molecule has 0 saturated heterocycles. The maximum atomic E-state index is 3.79. The molecule has 0 radical (unpaired) electrons. The summed E-state index contributed by atoms with van der Waals surface area (Å²) < 4.78 is 0. The molecule has 0 saturated carbocycles. The monoisotopic (exact) mass is 751 g/mol. The smallest absolute Gasteiger partial charge is 0.0707 e. The minimum absolute atomic E-state index is 0.0754. The quantitative estimate of drug-likeness (QED) is 0.109. The van der Waals surface area contributed by atoms with Crippen LogP contribution in [0.2, 0.25) is 0 Å². The third-order valence-corrected chi connectivity index (χ3v) is 11.7. The Kier molecular flexibility index (Phi) is 11.1. The number of allylic oxidation sites excluding steroid dienone is 3. The lowest BCUT2D eigenvalue weighted by Gasteiger charge is -2.27. The highest BCUT2D eigenvalue weighted by atomic mass is 15.4. The number of hydrogen-bond acceptors (Lipinski definition) is 3. The summed E-state index contributed by atoms with van der Waals surface area (Å²) in [5.41, 5.74) is 24.9. The fourth-order valence-electron chi connectivity index (χ4n) is 8.54. The summed E-state index contributed by atoms with van der Waals surface area (Å²) in [5, 5.41) is 3.79. The van der Waals surface area contributed by atoms with Crippen molar-refractivity contribution in [3.05, 3.63) is 245 Å². The fourth-order valence-corrected chi connectivity index (χ4v) is 8.54. The maximum absolute atomic E-state index is 3.79. The Morgan fingerprint density at radius 2 is 1.24 bits per heavy atom. The van der Waals surface area contributed by atoms with Crippen LogP contribution in [0.1, 0.15) is 75.9 Å². The predicted octanol–water partition coefficient (Wildman–Crippen LogP) is 12.9. The van der Waals surface area contributed by atoms with E-state index in [1.165, 1.54) is 72.3 Å². The van der Waals surface area contributed by atoms with E-state index in [1.54, 1.807) is 0 Å². The summed E-state index contributed by atoms with van der Waals surface area (Å²) >= 11 is 0. The number of dihydropyridines is 1. The van der Waals surface area contributed by atoms with Crippen LogP contribution >= 0.6 is 0 Å². The number of nitrogens with one attached hydrogen (secondary N) is 3. The third-order valence-electron chi connectivity index (χ3n) is 11.7. The van der Waals surface area contributed by atoms with Crippen LogP contribution in [-0.2, 0) is 13.0 Å². The molecule has 0 spiro atoms. The van der Waals surface area contributed by atoms with Crippen LogP contribution in [0.3, 0.4) is 0 Å². The van der Waals surface area contributed by atoms with Gasteiger partial charge in [-0.25, -0.2) is 5.43 Å². The maximum Gasteiger partial charge on any atom is 0.0707 e. The van der Waals surface area contributed by atoms with E-state index in [4.69, 9.17) is 0 Å². The summed E-state index contributed by atoms with van der Waals surface area (Å²) in [6.45, 7) is 3.07. The highest BCUT2D eigenvalue weighted by Gasteiger charge is 2.23. The minimum Gasteiger partial charge on any atom is -0.374 e. The topological polar surface area (TPSA) is 36.1 Å². The Morgan fingerprint density at radius 3 is 1.97 bits per heavy atom. The van der Waals surface area contributed by atoms with Crippen molar-refractivity contribution in [2.24, 2.45) is 0 Å². The Balaban J connectivity index is 1.02. The van der Waals surface area contributed by atoms with E-state index in [0.717, 1.165) is 25.1 Å². The second-order valence-corrected chi connectivity index (χ2v) is 15.4. The molecule has 0 bridgehead atoms. The van der Waals surface area contributed by atoms with E-state index in [9.17, 15) is 0 Å². The lowest BCUT2D eigenvalue weighted by Crippen LogP contribution is -2.37. The molecule has 3 nitrogen and oxygen atoms in total. The third kappa shape index (κ3) is 8.15. The molecule has 3 atom stereocenters. The van der Waals surface area contributed by atoms with E-state index < -0.39 is 0 Å². The minimum atomic E-state index is 0.0754. The molecule has 0 aromatic heterocycles. The van der Waals surface area contributed by atoms with Crippen molar-refractivity contribution in [2.45, 2.75) is 44.3 Å². The Hall–Kier alpha value is -6.52. The van der Waals surface area contributed by atoms with Gasteiger partial charge in [-0.3, -0.25) is 5.43 Å². The lowest BCUT2D eigenvalue weighted by molar-refractivity contribution is 0.394. The van der Waals surface area contributed by atoms with Crippen molar-refractivity contribution in [1.29, 1.82) is 0 Å². The molecule has 7 aromatic carbocycles. The summed E-state index contributed by atoms with van der Waals surface area (Å²) in [7, 11) is 0. The standard InChI is InChI=1S/C55H49N3/c1-39(55(48-23-12-5-13-24-48)58-56-38-40-16-6-2-7-17-40)41-26-32-47(33-27-41)54-50-25-15-14-18-43(50)34-35-51(54)44-30-28-42(29-31-44)49-36-52(45-19-8-3-9-20-45)57-53(37-49)46-21-10-4-11-22-46/h2-14,16-24,26-37,39,52,55-58H,15,25,38H2,1H3. The van der Waals surface area contributed by atoms with E-state index in [2.05, 4.69) is 229 Å². The molecule has 3 N–H and O–H groups in total. The molecule has 0 fully saturated rings. The van der Waals surface area contributed by atoms with Crippen molar-refractivity contribution in [1.82, 2.24) is 16.2 Å². The number of benzene rings is 7. The van der Waals surface area contributed by atoms with Gasteiger partial charge in [0.25, 0.3) is 0 Å². The molecule has 1 aliphatic carbocycles. The Morgan fingerprint density at radius 1 is 0.603 bits per heavy atom. The zero-order valence-electron chi connectivity index (χ0n) is 33.0. The van der Waals surface area contributed by atoms with E-state index in [0.29, 0.717) is 0 Å². The van der Waals surface area contributed by atoms with Crippen molar-refractivity contribution >= 4 is 17.3 Å². The van der Waals surface area contributed by atoms with Gasteiger partial charge < -0.3 is 5.32 Å². The zero-order valence-corrected chi connectivity index (χ0v) is 33.0. The number of rotatable bonds is 12. The molecular formula is C55H49N3. The van der Waals surface area contributed by atoms with E-state index >= 15 is 0 Å². The van der Waals surface area contributed by atoms with Crippen molar-refractivity contribution in [3.8, 4) is 22.3 Å². The normalized spacial score (nSPS) is 15.7. The summed E-state index contributed by atoms with van der Waals surface area (Å²) in [5.74, 6) is 0.224. The van der Waals surface area contributed by atoms with Crippen LogP contribution in [0.5, 0.6) is 0 Å². The largest absolute Gasteiger partial charge is 0.374 e. The van der Waals surface area contributed by atoms with Crippen LogP contribution in [-0.4, -0.2) is 0 Å².